The maximum absolute atomic E-state index is 12.3. The minimum absolute atomic E-state index is 0.323. The van der Waals surface area contributed by atoms with Gasteiger partial charge in [0.1, 0.15) is 11.5 Å². The van der Waals surface area contributed by atoms with Crippen LogP contribution in [0, 0.1) is 0 Å². The largest absolute Gasteiger partial charge is 0.493 e. The highest BCUT2D eigenvalue weighted by Crippen LogP contribution is 2.21. The van der Waals surface area contributed by atoms with Crippen LogP contribution >= 0.6 is 0 Å². The van der Waals surface area contributed by atoms with E-state index in [0.717, 1.165) is 28.5 Å². The number of hydrogen-bond acceptors (Lipinski definition) is 4. The van der Waals surface area contributed by atoms with Crippen LogP contribution in [0.15, 0.2) is 71.8 Å². The standard InChI is InChI=1S/C23H24N2O3/c1-3-14-27-22-11-7-6-10-20(22)16-24-25-23(26)17(2)28-21-13-12-18-8-4-5-9-19(18)15-21/h4-13,15-17H,3,14H2,1-2H3,(H,25,26)/b24-16+. The van der Waals surface area contributed by atoms with Gasteiger partial charge in [-0.1, -0.05) is 49.4 Å². The Morgan fingerprint density at radius 1 is 1.07 bits per heavy atom. The number of rotatable bonds is 8. The number of benzene rings is 3. The van der Waals surface area contributed by atoms with Gasteiger partial charge >= 0.3 is 0 Å². The van der Waals surface area contributed by atoms with Gasteiger partial charge in [0.25, 0.3) is 5.91 Å². The second-order valence-electron chi connectivity index (χ2n) is 6.39. The third kappa shape index (κ3) is 5.10. The maximum atomic E-state index is 12.3. The number of hydrogen-bond donors (Lipinski definition) is 1. The lowest BCUT2D eigenvalue weighted by atomic mass is 10.1. The summed E-state index contributed by atoms with van der Waals surface area (Å²) in [5, 5.41) is 6.23. The fraction of sp³-hybridized carbons (Fsp3) is 0.217. The quantitative estimate of drug-likeness (QED) is 0.464. The average Bonchev–Trinajstić information content (AvgIpc) is 2.72. The van der Waals surface area contributed by atoms with Crippen LogP contribution in [0.4, 0.5) is 0 Å². The van der Waals surface area contributed by atoms with Crippen molar-refractivity contribution in [3.05, 3.63) is 72.3 Å². The number of nitrogens with zero attached hydrogens (tertiary/aromatic N) is 1. The van der Waals surface area contributed by atoms with Crippen molar-refractivity contribution >= 4 is 22.9 Å². The molecule has 28 heavy (non-hydrogen) atoms. The van der Waals surface area contributed by atoms with Crippen LogP contribution in [-0.4, -0.2) is 24.8 Å². The summed E-state index contributed by atoms with van der Waals surface area (Å²) in [6, 6.07) is 21.3. The molecule has 0 aliphatic rings. The highest BCUT2D eigenvalue weighted by Gasteiger charge is 2.14. The van der Waals surface area contributed by atoms with Gasteiger partial charge in [0.2, 0.25) is 0 Å². The van der Waals surface area contributed by atoms with E-state index >= 15 is 0 Å². The summed E-state index contributed by atoms with van der Waals surface area (Å²) >= 11 is 0. The molecule has 5 heteroatoms. The lowest BCUT2D eigenvalue weighted by Crippen LogP contribution is -2.33. The Morgan fingerprint density at radius 2 is 1.82 bits per heavy atom. The Labute approximate surface area is 165 Å². The Morgan fingerprint density at radius 3 is 2.64 bits per heavy atom. The molecule has 3 aromatic carbocycles. The zero-order valence-corrected chi connectivity index (χ0v) is 16.1. The van der Waals surface area contributed by atoms with Crippen LogP contribution in [-0.2, 0) is 4.79 Å². The van der Waals surface area contributed by atoms with Crippen molar-refractivity contribution in [3.63, 3.8) is 0 Å². The maximum Gasteiger partial charge on any atom is 0.280 e. The van der Waals surface area contributed by atoms with Crippen molar-refractivity contribution in [2.24, 2.45) is 5.10 Å². The van der Waals surface area contributed by atoms with Crippen LogP contribution in [0.5, 0.6) is 11.5 Å². The van der Waals surface area contributed by atoms with Crippen LogP contribution in [0.3, 0.4) is 0 Å². The van der Waals surface area contributed by atoms with E-state index in [4.69, 9.17) is 9.47 Å². The first-order valence-electron chi connectivity index (χ1n) is 9.37. The molecule has 0 aliphatic carbocycles. The number of hydrazone groups is 1. The van der Waals surface area contributed by atoms with Crippen LogP contribution < -0.4 is 14.9 Å². The topological polar surface area (TPSA) is 59.9 Å². The van der Waals surface area contributed by atoms with E-state index in [1.807, 2.05) is 73.7 Å². The van der Waals surface area contributed by atoms with Crippen molar-refractivity contribution in [1.29, 1.82) is 0 Å². The first-order valence-corrected chi connectivity index (χ1v) is 9.37. The third-order valence-corrected chi connectivity index (χ3v) is 4.16. The molecule has 1 unspecified atom stereocenters. The molecule has 0 heterocycles. The van der Waals surface area contributed by atoms with Gasteiger partial charge in [-0.2, -0.15) is 5.10 Å². The van der Waals surface area contributed by atoms with Crippen molar-refractivity contribution in [3.8, 4) is 11.5 Å². The first kappa shape index (κ1) is 19.4. The minimum atomic E-state index is -0.676. The van der Waals surface area contributed by atoms with Gasteiger partial charge in [0.05, 0.1) is 12.8 Å². The molecule has 0 bridgehead atoms. The highest BCUT2D eigenvalue weighted by atomic mass is 16.5. The van der Waals surface area contributed by atoms with Gasteiger partial charge in [0, 0.05) is 5.56 Å². The Balaban J connectivity index is 1.59. The molecule has 0 radical (unpaired) electrons. The summed E-state index contributed by atoms with van der Waals surface area (Å²) in [5.74, 6) is 1.06. The van der Waals surface area contributed by atoms with E-state index in [1.165, 1.54) is 0 Å². The molecular formula is C23H24N2O3. The molecule has 0 spiro atoms. The fourth-order valence-corrected chi connectivity index (χ4v) is 2.69. The van der Waals surface area contributed by atoms with Gasteiger partial charge in [-0.25, -0.2) is 5.43 Å². The molecule has 0 aliphatic heterocycles. The van der Waals surface area contributed by atoms with Gasteiger partial charge < -0.3 is 9.47 Å². The van der Waals surface area contributed by atoms with Gasteiger partial charge in [-0.15, -0.1) is 0 Å². The van der Waals surface area contributed by atoms with Crippen molar-refractivity contribution in [2.45, 2.75) is 26.4 Å². The van der Waals surface area contributed by atoms with E-state index in [0.29, 0.717) is 12.4 Å². The summed E-state index contributed by atoms with van der Waals surface area (Å²) in [5.41, 5.74) is 3.33. The monoisotopic (exact) mass is 376 g/mol. The molecule has 1 N–H and O–H groups in total. The smallest absolute Gasteiger partial charge is 0.280 e. The number of ether oxygens (including phenoxy) is 2. The zero-order chi connectivity index (χ0) is 19.8. The number of para-hydroxylation sites is 1. The number of carbonyl (C=O) groups is 1. The van der Waals surface area contributed by atoms with Crippen molar-refractivity contribution in [1.82, 2.24) is 5.43 Å². The normalized spacial score (nSPS) is 12.1. The highest BCUT2D eigenvalue weighted by molar-refractivity contribution is 5.87. The fourth-order valence-electron chi connectivity index (χ4n) is 2.69. The van der Waals surface area contributed by atoms with Gasteiger partial charge in [-0.3, -0.25) is 4.79 Å². The Hall–Kier alpha value is -3.34. The molecular weight excluding hydrogens is 352 g/mol. The number of nitrogens with one attached hydrogen (secondary N) is 1. The molecule has 1 atom stereocenters. The lowest BCUT2D eigenvalue weighted by molar-refractivity contribution is -0.127. The third-order valence-electron chi connectivity index (χ3n) is 4.16. The van der Waals surface area contributed by atoms with E-state index in [9.17, 15) is 4.79 Å². The molecule has 0 saturated heterocycles. The van der Waals surface area contributed by atoms with E-state index in [2.05, 4.69) is 10.5 Å². The second-order valence-corrected chi connectivity index (χ2v) is 6.39. The zero-order valence-electron chi connectivity index (χ0n) is 16.1. The molecule has 0 fully saturated rings. The van der Waals surface area contributed by atoms with Crippen molar-refractivity contribution < 1.29 is 14.3 Å². The average molecular weight is 376 g/mol. The molecule has 3 aromatic rings. The van der Waals surface area contributed by atoms with E-state index < -0.39 is 6.10 Å². The summed E-state index contributed by atoms with van der Waals surface area (Å²) < 4.78 is 11.4. The SMILES string of the molecule is CCCOc1ccccc1/C=N/NC(=O)C(C)Oc1ccc2ccccc2c1. The first-order chi connectivity index (χ1) is 13.7. The number of amides is 1. The summed E-state index contributed by atoms with van der Waals surface area (Å²) in [6.45, 7) is 4.38. The minimum Gasteiger partial charge on any atom is -0.493 e. The molecule has 5 nitrogen and oxygen atoms in total. The molecule has 0 aromatic heterocycles. The Kier molecular flexibility index (Phi) is 6.63. The molecule has 144 valence electrons. The van der Waals surface area contributed by atoms with Gasteiger partial charge in [-0.05, 0) is 48.4 Å². The van der Waals surface area contributed by atoms with Gasteiger partial charge in [0.15, 0.2) is 6.10 Å². The lowest BCUT2D eigenvalue weighted by Gasteiger charge is -2.13. The second kappa shape index (κ2) is 9.55. The molecule has 0 saturated carbocycles. The van der Waals surface area contributed by atoms with Crippen LogP contribution in [0.2, 0.25) is 0 Å². The predicted octanol–water partition coefficient (Wildman–Crippen LogP) is 4.55. The van der Waals surface area contributed by atoms with Crippen LogP contribution in [0.25, 0.3) is 10.8 Å². The molecule has 3 rings (SSSR count). The predicted molar refractivity (Wildman–Crippen MR) is 112 cm³/mol. The number of carbonyl (C=O) groups excluding carboxylic acids is 1. The van der Waals surface area contributed by atoms with Crippen LogP contribution in [0.1, 0.15) is 25.8 Å². The number of fused-ring (bicyclic) bond motifs is 1. The molecule has 1 amide bonds. The summed E-state index contributed by atoms with van der Waals surface area (Å²) in [7, 11) is 0. The van der Waals surface area contributed by atoms with E-state index in [-0.39, 0.29) is 5.91 Å². The summed E-state index contributed by atoms with van der Waals surface area (Å²) in [4.78, 5) is 12.3. The Bertz CT molecular complexity index is 969. The van der Waals surface area contributed by atoms with E-state index in [1.54, 1.807) is 13.1 Å². The van der Waals surface area contributed by atoms with Crippen molar-refractivity contribution in [2.75, 3.05) is 6.61 Å². The summed E-state index contributed by atoms with van der Waals surface area (Å²) in [6.07, 6.45) is 1.82.